The van der Waals surface area contributed by atoms with Crippen LogP contribution < -0.4 is 10.8 Å². The topological polar surface area (TPSA) is 50.4 Å². The van der Waals surface area contributed by atoms with Crippen LogP contribution in [0, 0.1) is 11.8 Å². The average Bonchev–Trinajstić information content (AvgIpc) is 2.52. The van der Waals surface area contributed by atoms with Crippen molar-refractivity contribution in [1.82, 2.24) is 10.8 Å². The summed E-state index contributed by atoms with van der Waals surface area (Å²) in [6.07, 6.45) is 13.1. The Morgan fingerprint density at radius 3 is 1.81 bits per heavy atom. The Hall–Kier alpha value is -0.770. The van der Waals surface area contributed by atoms with Crippen molar-refractivity contribution in [1.29, 1.82) is 0 Å². The highest BCUT2D eigenvalue weighted by molar-refractivity contribution is 5.73. The van der Waals surface area contributed by atoms with Crippen molar-refractivity contribution in [2.75, 3.05) is 0 Å². The molecule has 2 saturated carbocycles. The molecule has 21 heavy (non-hydrogen) atoms. The molecular formula is C17H32N2O2. The first-order chi connectivity index (χ1) is 10.2. The fourth-order valence-corrected chi connectivity index (χ4v) is 3.96. The van der Waals surface area contributed by atoms with Crippen LogP contribution in [0.15, 0.2) is 0 Å². The highest BCUT2D eigenvalue weighted by atomic mass is 16.7. The summed E-state index contributed by atoms with van der Waals surface area (Å²) in [7, 11) is 0. The van der Waals surface area contributed by atoms with Crippen LogP contribution in [-0.2, 0) is 4.84 Å². The van der Waals surface area contributed by atoms with Gasteiger partial charge in [-0.15, -0.1) is 0 Å². The van der Waals surface area contributed by atoms with Gasteiger partial charge in [0.2, 0.25) is 0 Å². The molecule has 0 aromatic carbocycles. The number of amides is 2. The number of urea groups is 1. The molecule has 2 aliphatic rings. The highest BCUT2D eigenvalue weighted by Gasteiger charge is 2.32. The Labute approximate surface area is 129 Å². The van der Waals surface area contributed by atoms with Crippen molar-refractivity contribution < 1.29 is 9.63 Å². The Morgan fingerprint density at radius 2 is 1.38 bits per heavy atom. The monoisotopic (exact) mass is 296 g/mol. The average molecular weight is 296 g/mol. The summed E-state index contributed by atoms with van der Waals surface area (Å²) < 4.78 is 0. The molecule has 122 valence electrons. The van der Waals surface area contributed by atoms with Crippen LogP contribution in [0.4, 0.5) is 4.79 Å². The lowest BCUT2D eigenvalue weighted by Crippen LogP contribution is -2.50. The molecule has 2 N–H and O–H groups in total. The Kier molecular flexibility index (Phi) is 6.81. The molecular weight excluding hydrogens is 264 g/mol. The number of rotatable bonds is 5. The van der Waals surface area contributed by atoms with Gasteiger partial charge in [-0.1, -0.05) is 38.5 Å². The van der Waals surface area contributed by atoms with E-state index in [-0.39, 0.29) is 12.1 Å². The van der Waals surface area contributed by atoms with Gasteiger partial charge in [-0.2, -0.15) is 0 Å². The summed E-state index contributed by atoms with van der Waals surface area (Å²) in [5, 5.41) is 3.24. The number of hydrogen-bond donors (Lipinski definition) is 2. The van der Waals surface area contributed by atoms with Gasteiger partial charge in [-0.3, -0.25) is 4.84 Å². The predicted octanol–water partition coefficient (Wildman–Crippen LogP) is 4.15. The van der Waals surface area contributed by atoms with Gasteiger partial charge < -0.3 is 5.32 Å². The molecule has 0 bridgehead atoms. The van der Waals surface area contributed by atoms with E-state index in [1.807, 2.05) is 13.8 Å². The number of nitrogens with one attached hydrogen (secondary N) is 2. The van der Waals surface area contributed by atoms with E-state index in [1.165, 1.54) is 64.2 Å². The second-order valence-corrected chi connectivity index (χ2v) is 7.06. The van der Waals surface area contributed by atoms with E-state index in [9.17, 15) is 4.79 Å². The van der Waals surface area contributed by atoms with Crippen LogP contribution in [0.2, 0.25) is 0 Å². The number of carbonyl (C=O) groups is 1. The van der Waals surface area contributed by atoms with Gasteiger partial charge in [0.05, 0.1) is 6.10 Å². The summed E-state index contributed by atoms with van der Waals surface area (Å²) in [6, 6.07) is 0.172. The first kappa shape index (κ1) is 16.6. The molecule has 0 aromatic heterocycles. The van der Waals surface area contributed by atoms with Crippen molar-refractivity contribution in [2.45, 2.75) is 90.2 Å². The molecule has 2 amide bonds. The molecule has 4 nitrogen and oxygen atoms in total. The third kappa shape index (κ3) is 5.50. The maximum absolute atomic E-state index is 12.1. The summed E-state index contributed by atoms with van der Waals surface area (Å²) in [4.78, 5) is 17.3. The number of hydrogen-bond acceptors (Lipinski definition) is 2. The minimum atomic E-state index is -0.162. The number of hydroxylamine groups is 1. The van der Waals surface area contributed by atoms with Gasteiger partial charge in [0.1, 0.15) is 0 Å². The van der Waals surface area contributed by atoms with Crippen LogP contribution in [-0.4, -0.2) is 18.2 Å². The first-order valence-corrected chi connectivity index (χ1v) is 8.89. The van der Waals surface area contributed by atoms with Crippen molar-refractivity contribution in [3.8, 4) is 0 Å². The molecule has 0 aliphatic heterocycles. The highest BCUT2D eigenvalue weighted by Crippen LogP contribution is 2.35. The molecule has 2 aliphatic carbocycles. The fourth-order valence-electron chi connectivity index (χ4n) is 3.96. The van der Waals surface area contributed by atoms with E-state index in [0.717, 1.165) is 0 Å². The van der Waals surface area contributed by atoms with Crippen molar-refractivity contribution >= 4 is 6.03 Å². The zero-order valence-corrected chi connectivity index (χ0v) is 13.7. The van der Waals surface area contributed by atoms with Crippen LogP contribution in [0.3, 0.4) is 0 Å². The van der Waals surface area contributed by atoms with Gasteiger partial charge in [0.15, 0.2) is 0 Å². The molecule has 0 radical (unpaired) electrons. The van der Waals surface area contributed by atoms with Crippen LogP contribution >= 0.6 is 0 Å². The SMILES string of the molecule is CC(C)ONC(=O)NC(C1CCCCC1)C1CCCCC1. The standard InChI is InChI=1S/C17H32N2O2/c1-13(2)21-19-17(20)18-16(14-9-5-3-6-10-14)15-11-7-4-8-12-15/h13-16H,3-12H2,1-2H3,(H2,18,19,20). The van der Waals surface area contributed by atoms with Gasteiger partial charge in [0.25, 0.3) is 0 Å². The van der Waals surface area contributed by atoms with E-state index >= 15 is 0 Å². The van der Waals surface area contributed by atoms with E-state index in [4.69, 9.17) is 4.84 Å². The predicted molar refractivity (Wildman–Crippen MR) is 84.8 cm³/mol. The third-order valence-corrected chi connectivity index (χ3v) is 5.00. The molecule has 0 spiro atoms. The number of carbonyl (C=O) groups excluding carboxylic acids is 1. The summed E-state index contributed by atoms with van der Waals surface area (Å²) in [5.74, 6) is 1.32. The lowest BCUT2D eigenvalue weighted by atomic mass is 9.74. The van der Waals surface area contributed by atoms with Crippen LogP contribution in [0.1, 0.15) is 78.1 Å². The summed E-state index contributed by atoms with van der Waals surface area (Å²) in [5.41, 5.74) is 2.54. The molecule has 4 heteroatoms. The molecule has 0 heterocycles. The van der Waals surface area contributed by atoms with Gasteiger partial charge in [0, 0.05) is 6.04 Å². The molecule has 2 rings (SSSR count). The zero-order valence-electron chi connectivity index (χ0n) is 13.7. The van der Waals surface area contributed by atoms with Crippen LogP contribution in [0.25, 0.3) is 0 Å². The van der Waals surface area contributed by atoms with Crippen molar-refractivity contribution in [2.24, 2.45) is 11.8 Å². The second kappa shape index (κ2) is 8.62. The molecule has 2 fully saturated rings. The van der Waals surface area contributed by atoms with E-state index < -0.39 is 0 Å². The lowest BCUT2D eigenvalue weighted by molar-refractivity contribution is 0.0136. The third-order valence-electron chi connectivity index (χ3n) is 5.00. The maximum atomic E-state index is 12.1. The smallest absolute Gasteiger partial charge is 0.333 e. The summed E-state index contributed by atoms with van der Waals surface area (Å²) >= 11 is 0. The molecule has 0 unspecified atom stereocenters. The summed E-state index contributed by atoms with van der Waals surface area (Å²) in [6.45, 7) is 3.83. The largest absolute Gasteiger partial charge is 0.338 e. The Balaban J connectivity index is 1.91. The zero-order chi connectivity index (χ0) is 15.1. The molecule has 0 saturated heterocycles. The normalized spacial score (nSPS) is 21.7. The van der Waals surface area contributed by atoms with E-state index in [0.29, 0.717) is 17.9 Å². The van der Waals surface area contributed by atoms with Gasteiger partial charge >= 0.3 is 6.03 Å². The molecule has 0 aromatic rings. The van der Waals surface area contributed by atoms with E-state index in [2.05, 4.69) is 10.8 Å². The van der Waals surface area contributed by atoms with Crippen LogP contribution in [0.5, 0.6) is 0 Å². The fraction of sp³-hybridized carbons (Fsp3) is 0.941. The quantitative estimate of drug-likeness (QED) is 0.749. The van der Waals surface area contributed by atoms with Gasteiger partial charge in [-0.25, -0.2) is 10.3 Å². The lowest BCUT2D eigenvalue weighted by Gasteiger charge is -2.38. The molecule has 0 atom stereocenters. The maximum Gasteiger partial charge on any atom is 0.338 e. The first-order valence-electron chi connectivity index (χ1n) is 8.89. The van der Waals surface area contributed by atoms with Crippen molar-refractivity contribution in [3.63, 3.8) is 0 Å². The minimum Gasteiger partial charge on any atom is -0.333 e. The minimum absolute atomic E-state index is 0.0126. The Morgan fingerprint density at radius 1 is 0.905 bits per heavy atom. The Bertz CT molecular complexity index is 290. The van der Waals surface area contributed by atoms with Gasteiger partial charge in [-0.05, 0) is 51.4 Å². The van der Waals surface area contributed by atoms with E-state index in [1.54, 1.807) is 0 Å². The second-order valence-electron chi connectivity index (χ2n) is 7.06. The van der Waals surface area contributed by atoms with Crippen molar-refractivity contribution in [3.05, 3.63) is 0 Å².